The molecular formula is C16H19N3O2. The number of aromatic nitrogens is 2. The second-order valence-corrected chi connectivity index (χ2v) is 5.12. The molecular weight excluding hydrogens is 266 g/mol. The Kier molecular flexibility index (Phi) is 4.52. The number of rotatable bonds is 4. The van der Waals surface area contributed by atoms with Gasteiger partial charge in [-0.05, 0) is 44.0 Å². The van der Waals surface area contributed by atoms with Gasteiger partial charge in [-0.1, -0.05) is 6.07 Å². The summed E-state index contributed by atoms with van der Waals surface area (Å²) in [5.74, 6) is -0.133. The summed E-state index contributed by atoms with van der Waals surface area (Å²) in [6, 6.07) is 7.07. The highest BCUT2D eigenvalue weighted by atomic mass is 16.1. The Bertz CT molecular complexity index is 720. The highest BCUT2D eigenvalue weighted by Crippen LogP contribution is 2.09. The van der Waals surface area contributed by atoms with Gasteiger partial charge in [0, 0.05) is 30.4 Å². The molecule has 0 spiro atoms. The van der Waals surface area contributed by atoms with Crippen LogP contribution >= 0.6 is 0 Å². The number of benzene rings is 1. The van der Waals surface area contributed by atoms with Crippen molar-refractivity contribution in [3.63, 3.8) is 0 Å². The quantitative estimate of drug-likeness (QED) is 0.928. The van der Waals surface area contributed by atoms with Crippen LogP contribution in [0.1, 0.15) is 27.2 Å². The monoisotopic (exact) mass is 285 g/mol. The summed E-state index contributed by atoms with van der Waals surface area (Å²) in [6.07, 6.45) is 1.50. The maximum absolute atomic E-state index is 12.0. The van der Waals surface area contributed by atoms with E-state index in [-0.39, 0.29) is 11.5 Å². The Morgan fingerprint density at radius 2 is 1.95 bits per heavy atom. The number of hydrogen-bond acceptors (Lipinski definition) is 3. The second kappa shape index (κ2) is 6.35. The predicted octanol–water partition coefficient (Wildman–Crippen LogP) is 1.60. The van der Waals surface area contributed by atoms with Crippen molar-refractivity contribution >= 4 is 5.91 Å². The van der Waals surface area contributed by atoms with E-state index in [1.165, 1.54) is 17.0 Å². The van der Waals surface area contributed by atoms with Crippen molar-refractivity contribution in [2.45, 2.75) is 27.3 Å². The minimum absolute atomic E-state index is 0.108. The molecule has 0 aliphatic heterocycles. The molecule has 0 aliphatic carbocycles. The van der Waals surface area contributed by atoms with E-state index in [0.717, 1.165) is 11.1 Å². The number of aryl methyl sites for hydroxylation is 3. The highest BCUT2D eigenvalue weighted by Gasteiger charge is 2.06. The van der Waals surface area contributed by atoms with Crippen LogP contribution in [-0.4, -0.2) is 22.0 Å². The van der Waals surface area contributed by atoms with Crippen LogP contribution in [-0.2, 0) is 6.54 Å². The minimum Gasteiger partial charge on any atom is -0.350 e. The van der Waals surface area contributed by atoms with Crippen LogP contribution in [0.5, 0.6) is 0 Å². The molecule has 5 nitrogen and oxygen atoms in total. The first-order valence-electron chi connectivity index (χ1n) is 6.86. The zero-order chi connectivity index (χ0) is 15.4. The van der Waals surface area contributed by atoms with Crippen molar-refractivity contribution in [3.05, 3.63) is 63.3 Å². The van der Waals surface area contributed by atoms with Gasteiger partial charge in [-0.3, -0.25) is 14.2 Å². The van der Waals surface area contributed by atoms with Crippen LogP contribution in [0, 0.1) is 20.8 Å². The van der Waals surface area contributed by atoms with Crippen molar-refractivity contribution in [1.82, 2.24) is 14.9 Å². The normalized spacial score (nSPS) is 10.4. The van der Waals surface area contributed by atoms with E-state index in [4.69, 9.17) is 0 Å². The number of hydrogen-bond donors (Lipinski definition) is 1. The molecule has 0 unspecified atom stereocenters. The summed E-state index contributed by atoms with van der Waals surface area (Å²) in [7, 11) is 0. The second-order valence-electron chi connectivity index (χ2n) is 5.12. The first kappa shape index (κ1) is 15.0. The third-order valence-electron chi connectivity index (χ3n) is 3.42. The van der Waals surface area contributed by atoms with E-state index in [1.807, 2.05) is 26.0 Å². The summed E-state index contributed by atoms with van der Waals surface area (Å²) in [5.41, 5.74) is 3.45. The maximum atomic E-state index is 12.0. The topological polar surface area (TPSA) is 64.0 Å². The molecule has 1 aromatic heterocycles. The van der Waals surface area contributed by atoms with Gasteiger partial charge in [-0.15, -0.1) is 0 Å². The van der Waals surface area contributed by atoms with Crippen LogP contribution < -0.4 is 10.9 Å². The predicted molar refractivity (Wildman–Crippen MR) is 81.5 cm³/mol. The van der Waals surface area contributed by atoms with Crippen molar-refractivity contribution in [1.29, 1.82) is 0 Å². The van der Waals surface area contributed by atoms with Crippen LogP contribution in [0.3, 0.4) is 0 Å². The van der Waals surface area contributed by atoms with Crippen LogP contribution in [0.4, 0.5) is 0 Å². The minimum atomic E-state index is -0.133. The van der Waals surface area contributed by atoms with E-state index in [9.17, 15) is 9.59 Å². The van der Waals surface area contributed by atoms with E-state index in [0.29, 0.717) is 24.3 Å². The largest absolute Gasteiger partial charge is 0.350 e. The summed E-state index contributed by atoms with van der Waals surface area (Å²) in [6.45, 7) is 6.55. The van der Waals surface area contributed by atoms with Crippen molar-refractivity contribution < 1.29 is 4.79 Å². The van der Waals surface area contributed by atoms with Gasteiger partial charge in [-0.2, -0.15) is 0 Å². The van der Waals surface area contributed by atoms with Gasteiger partial charge in [0.25, 0.3) is 11.5 Å². The van der Waals surface area contributed by atoms with Gasteiger partial charge >= 0.3 is 0 Å². The molecule has 1 N–H and O–H groups in total. The lowest BCUT2D eigenvalue weighted by Crippen LogP contribution is -2.30. The molecule has 0 saturated carbocycles. The van der Waals surface area contributed by atoms with Crippen molar-refractivity contribution in [2.75, 3.05) is 6.54 Å². The molecule has 21 heavy (non-hydrogen) atoms. The fourth-order valence-electron chi connectivity index (χ4n) is 1.96. The van der Waals surface area contributed by atoms with E-state index in [2.05, 4.69) is 10.3 Å². The smallest absolute Gasteiger partial charge is 0.253 e. The number of nitrogens with zero attached hydrogens (tertiary/aromatic N) is 2. The molecule has 2 aromatic rings. The first-order valence-corrected chi connectivity index (χ1v) is 6.86. The molecule has 0 saturated heterocycles. The molecule has 1 heterocycles. The number of carbonyl (C=O) groups excluding carboxylic acids is 1. The molecule has 2 rings (SSSR count). The number of carbonyl (C=O) groups is 1. The van der Waals surface area contributed by atoms with Crippen LogP contribution in [0.2, 0.25) is 0 Å². The van der Waals surface area contributed by atoms with E-state index >= 15 is 0 Å². The molecule has 110 valence electrons. The van der Waals surface area contributed by atoms with Crippen LogP contribution in [0.25, 0.3) is 0 Å². The average Bonchev–Trinajstić information content (AvgIpc) is 2.44. The molecule has 1 aromatic carbocycles. The van der Waals surface area contributed by atoms with Crippen molar-refractivity contribution in [3.8, 4) is 0 Å². The lowest BCUT2D eigenvalue weighted by molar-refractivity contribution is 0.0952. The fraction of sp³-hybridized carbons (Fsp3) is 0.312. The molecule has 0 bridgehead atoms. The Hall–Kier alpha value is -2.43. The lowest BCUT2D eigenvalue weighted by Gasteiger charge is -2.08. The molecule has 0 fully saturated rings. The van der Waals surface area contributed by atoms with Gasteiger partial charge in [-0.25, -0.2) is 4.98 Å². The molecule has 0 atom stereocenters. The van der Waals surface area contributed by atoms with Gasteiger partial charge in [0.2, 0.25) is 0 Å². The van der Waals surface area contributed by atoms with Gasteiger partial charge in [0.1, 0.15) is 0 Å². The van der Waals surface area contributed by atoms with Crippen molar-refractivity contribution in [2.24, 2.45) is 0 Å². The number of nitrogens with one attached hydrogen (secondary N) is 1. The molecule has 0 radical (unpaired) electrons. The standard InChI is InChI=1S/C16H19N3O2/c1-11-4-5-14(8-12(11)2)16(21)17-6-7-19-10-18-13(3)9-15(19)20/h4-5,8-10H,6-7H2,1-3H3,(H,17,21). The van der Waals surface area contributed by atoms with Gasteiger partial charge in [0.15, 0.2) is 0 Å². The zero-order valence-corrected chi connectivity index (χ0v) is 12.5. The Labute approximate surface area is 123 Å². The average molecular weight is 285 g/mol. The highest BCUT2D eigenvalue weighted by molar-refractivity contribution is 5.94. The SMILES string of the molecule is Cc1cc(=O)n(CCNC(=O)c2ccc(C)c(C)c2)cn1. The number of amides is 1. The van der Waals surface area contributed by atoms with Gasteiger partial charge in [0.05, 0.1) is 6.33 Å². The Morgan fingerprint density at radius 3 is 2.62 bits per heavy atom. The third kappa shape index (κ3) is 3.78. The van der Waals surface area contributed by atoms with E-state index < -0.39 is 0 Å². The molecule has 1 amide bonds. The fourth-order valence-corrected chi connectivity index (χ4v) is 1.96. The van der Waals surface area contributed by atoms with E-state index in [1.54, 1.807) is 13.0 Å². The first-order chi connectivity index (χ1) is 9.97. The summed E-state index contributed by atoms with van der Waals surface area (Å²) < 4.78 is 1.48. The lowest BCUT2D eigenvalue weighted by atomic mass is 10.1. The maximum Gasteiger partial charge on any atom is 0.253 e. The van der Waals surface area contributed by atoms with Crippen LogP contribution in [0.15, 0.2) is 35.4 Å². The molecule has 0 aliphatic rings. The third-order valence-corrected chi connectivity index (χ3v) is 3.42. The summed E-state index contributed by atoms with van der Waals surface area (Å²) in [4.78, 5) is 27.8. The summed E-state index contributed by atoms with van der Waals surface area (Å²) >= 11 is 0. The Morgan fingerprint density at radius 1 is 1.19 bits per heavy atom. The zero-order valence-electron chi connectivity index (χ0n) is 12.5. The van der Waals surface area contributed by atoms with Gasteiger partial charge < -0.3 is 5.32 Å². The molecule has 5 heteroatoms. The summed E-state index contributed by atoms with van der Waals surface area (Å²) in [5, 5.41) is 2.81. The Balaban J connectivity index is 1.95.